The molecule has 12 heteroatoms. The van der Waals surface area contributed by atoms with Crippen LogP contribution >= 0.6 is 0 Å². The molecule has 0 aromatic carbocycles. The molecule has 0 saturated carbocycles. The number of nitrogens with zero attached hydrogens (tertiary/aromatic N) is 3. The molecule has 0 radical (unpaired) electrons. The molecular weight excluding hydrogens is 425 g/mol. The first kappa shape index (κ1) is 22.7. The fraction of sp³-hybridized carbons (Fsp3) is 0.421. The number of likely N-dealkylation sites (tertiary alicyclic amines) is 1. The molecule has 1 atom stereocenters. The summed E-state index contributed by atoms with van der Waals surface area (Å²) in [5.41, 5.74) is 6.23. The summed E-state index contributed by atoms with van der Waals surface area (Å²) in [6, 6.07) is 2.84. The second-order valence-corrected chi connectivity index (χ2v) is 7.15. The highest BCUT2D eigenvalue weighted by molar-refractivity contribution is 5.96. The van der Waals surface area contributed by atoms with Crippen LogP contribution in [0.3, 0.4) is 0 Å². The number of halogens is 5. The average Bonchev–Trinajstić information content (AvgIpc) is 2.67. The van der Waals surface area contributed by atoms with Crippen LogP contribution < -0.4 is 15.8 Å². The Morgan fingerprint density at radius 3 is 2.71 bits per heavy atom. The molecule has 2 aromatic heterocycles. The van der Waals surface area contributed by atoms with E-state index in [2.05, 4.69) is 20.0 Å². The van der Waals surface area contributed by atoms with Crippen molar-refractivity contribution in [3.8, 4) is 5.75 Å². The summed E-state index contributed by atoms with van der Waals surface area (Å²) in [5.74, 6) is -4.04. The number of anilines is 2. The number of piperidine rings is 1. The number of rotatable bonds is 5. The van der Waals surface area contributed by atoms with Crippen molar-refractivity contribution in [1.82, 2.24) is 14.9 Å². The van der Waals surface area contributed by atoms with Gasteiger partial charge in [0.2, 0.25) is 0 Å². The van der Waals surface area contributed by atoms with Crippen LogP contribution in [0.4, 0.5) is 33.6 Å². The SMILES string of the molecule is Cc1cnc(Nc2cc(OC(F)(F)F)ccn2)cc1C(=O)N1CC(F)(F)CCC1CN. The molecule has 1 aliphatic rings. The minimum Gasteiger partial charge on any atom is -0.406 e. The van der Waals surface area contributed by atoms with Crippen LogP contribution in [-0.2, 0) is 0 Å². The van der Waals surface area contributed by atoms with Gasteiger partial charge in [0.1, 0.15) is 17.4 Å². The zero-order chi connectivity index (χ0) is 22.8. The Morgan fingerprint density at radius 1 is 1.32 bits per heavy atom. The first-order valence-electron chi connectivity index (χ1n) is 9.32. The van der Waals surface area contributed by atoms with Gasteiger partial charge in [-0.25, -0.2) is 18.7 Å². The van der Waals surface area contributed by atoms with Crippen molar-refractivity contribution >= 4 is 17.5 Å². The second-order valence-electron chi connectivity index (χ2n) is 7.15. The first-order valence-corrected chi connectivity index (χ1v) is 9.32. The zero-order valence-corrected chi connectivity index (χ0v) is 16.4. The molecular formula is C19H20F5N5O2. The van der Waals surface area contributed by atoms with E-state index in [9.17, 15) is 26.7 Å². The van der Waals surface area contributed by atoms with Gasteiger partial charge in [0.05, 0.1) is 6.54 Å². The van der Waals surface area contributed by atoms with Gasteiger partial charge in [-0.05, 0) is 31.0 Å². The Morgan fingerprint density at radius 2 is 2.03 bits per heavy atom. The number of aryl methyl sites for hydroxylation is 1. The van der Waals surface area contributed by atoms with E-state index in [0.717, 1.165) is 23.2 Å². The zero-order valence-electron chi connectivity index (χ0n) is 16.4. The third-order valence-corrected chi connectivity index (χ3v) is 4.77. The van der Waals surface area contributed by atoms with Crippen LogP contribution in [0, 0.1) is 6.92 Å². The van der Waals surface area contributed by atoms with Crippen molar-refractivity contribution in [3.63, 3.8) is 0 Å². The molecule has 1 amide bonds. The van der Waals surface area contributed by atoms with Crippen LogP contribution in [0.2, 0.25) is 0 Å². The lowest BCUT2D eigenvalue weighted by Crippen LogP contribution is -2.54. The fourth-order valence-corrected chi connectivity index (χ4v) is 3.26. The first-order chi connectivity index (χ1) is 14.5. The minimum absolute atomic E-state index is 0.0131. The lowest BCUT2D eigenvalue weighted by atomic mass is 9.97. The van der Waals surface area contributed by atoms with E-state index in [1.165, 1.54) is 12.3 Å². The molecule has 1 aliphatic heterocycles. The van der Waals surface area contributed by atoms with Gasteiger partial charge in [0, 0.05) is 43.0 Å². The van der Waals surface area contributed by atoms with Crippen molar-refractivity contribution < 1.29 is 31.5 Å². The molecule has 3 rings (SSSR count). The van der Waals surface area contributed by atoms with E-state index in [0.29, 0.717) is 5.56 Å². The summed E-state index contributed by atoms with van der Waals surface area (Å²) in [6.07, 6.45) is -2.67. The Labute approximate surface area is 174 Å². The average molecular weight is 445 g/mol. The van der Waals surface area contributed by atoms with E-state index < -0.39 is 36.5 Å². The van der Waals surface area contributed by atoms with Gasteiger partial charge >= 0.3 is 6.36 Å². The third kappa shape index (κ3) is 5.78. The number of aromatic nitrogens is 2. The van der Waals surface area contributed by atoms with E-state index in [4.69, 9.17) is 5.73 Å². The minimum atomic E-state index is -4.86. The Bertz CT molecular complexity index is 954. The number of nitrogens with one attached hydrogen (secondary N) is 1. The maximum Gasteiger partial charge on any atom is 0.573 e. The monoisotopic (exact) mass is 445 g/mol. The molecule has 31 heavy (non-hydrogen) atoms. The van der Waals surface area contributed by atoms with Gasteiger partial charge in [-0.1, -0.05) is 0 Å². The summed E-state index contributed by atoms with van der Waals surface area (Å²) in [4.78, 5) is 22.0. The molecule has 3 heterocycles. The number of carbonyl (C=O) groups excluding carboxylic acids is 1. The number of amides is 1. The molecule has 0 bridgehead atoms. The summed E-state index contributed by atoms with van der Waals surface area (Å²) in [6.45, 7) is 0.906. The maximum atomic E-state index is 13.9. The quantitative estimate of drug-likeness (QED) is 0.683. The van der Waals surface area contributed by atoms with Gasteiger partial charge in [0.25, 0.3) is 11.8 Å². The number of nitrogens with two attached hydrogens (primary N) is 1. The molecule has 0 spiro atoms. The van der Waals surface area contributed by atoms with Crippen molar-refractivity contribution in [3.05, 3.63) is 41.7 Å². The van der Waals surface area contributed by atoms with Crippen LogP contribution in [-0.4, -0.2) is 52.2 Å². The highest BCUT2D eigenvalue weighted by Crippen LogP contribution is 2.32. The molecule has 2 aromatic rings. The van der Waals surface area contributed by atoms with E-state index in [1.807, 2.05) is 0 Å². The van der Waals surface area contributed by atoms with E-state index in [-0.39, 0.29) is 36.6 Å². The van der Waals surface area contributed by atoms with E-state index in [1.54, 1.807) is 6.92 Å². The maximum absolute atomic E-state index is 13.9. The molecule has 3 N–H and O–H groups in total. The predicted octanol–water partition coefficient (Wildman–Crippen LogP) is 3.63. The standard InChI is InChI=1S/C19H20F5N5O2/c1-11-9-27-16(28-15-6-13(3-5-26-15)31-19(22,23)24)7-14(11)17(30)29-10-18(20,21)4-2-12(29)8-25/h3,5-7,9,12H,2,4,8,10,25H2,1H3,(H,26,27,28). The summed E-state index contributed by atoms with van der Waals surface area (Å²) < 4.78 is 68.8. The van der Waals surface area contributed by atoms with Gasteiger partial charge in [-0.15, -0.1) is 13.2 Å². The highest BCUT2D eigenvalue weighted by Gasteiger charge is 2.42. The Balaban J connectivity index is 1.83. The fourth-order valence-electron chi connectivity index (χ4n) is 3.26. The highest BCUT2D eigenvalue weighted by atomic mass is 19.4. The number of carbonyl (C=O) groups is 1. The van der Waals surface area contributed by atoms with Gasteiger partial charge in [0.15, 0.2) is 0 Å². The number of hydrogen-bond acceptors (Lipinski definition) is 6. The summed E-state index contributed by atoms with van der Waals surface area (Å²) in [5, 5.41) is 2.68. The number of hydrogen-bond donors (Lipinski definition) is 2. The van der Waals surface area contributed by atoms with Crippen LogP contribution in [0.15, 0.2) is 30.6 Å². The Kier molecular flexibility index (Phi) is 6.30. The largest absolute Gasteiger partial charge is 0.573 e. The lowest BCUT2D eigenvalue weighted by Gasteiger charge is -2.39. The van der Waals surface area contributed by atoms with Gasteiger partial charge in [-0.3, -0.25) is 4.79 Å². The predicted molar refractivity (Wildman–Crippen MR) is 101 cm³/mol. The van der Waals surface area contributed by atoms with Gasteiger partial charge < -0.3 is 20.7 Å². The second kappa shape index (κ2) is 8.61. The van der Waals surface area contributed by atoms with Crippen LogP contribution in [0.25, 0.3) is 0 Å². The van der Waals surface area contributed by atoms with Crippen molar-refractivity contribution in [2.45, 2.75) is 38.1 Å². The number of alkyl halides is 5. The summed E-state index contributed by atoms with van der Waals surface area (Å²) in [7, 11) is 0. The third-order valence-electron chi connectivity index (χ3n) is 4.77. The smallest absolute Gasteiger partial charge is 0.406 e. The van der Waals surface area contributed by atoms with Gasteiger partial charge in [-0.2, -0.15) is 0 Å². The Hall–Kier alpha value is -3.02. The topological polar surface area (TPSA) is 93.4 Å². The molecule has 168 valence electrons. The number of ether oxygens (including phenoxy) is 1. The molecule has 1 unspecified atom stereocenters. The van der Waals surface area contributed by atoms with E-state index >= 15 is 0 Å². The molecule has 1 saturated heterocycles. The summed E-state index contributed by atoms with van der Waals surface area (Å²) >= 11 is 0. The number of pyridine rings is 2. The van der Waals surface area contributed by atoms with Crippen LogP contribution in [0.5, 0.6) is 5.75 Å². The molecule has 7 nitrogen and oxygen atoms in total. The normalized spacial score (nSPS) is 18.5. The van der Waals surface area contributed by atoms with Crippen molar-refractivity contribution in [1.29, 1.82) is 0 Å². The molecule has 1 fully saturated rings. The van der Waals surface area contributed by atoms with Crippen molar-refractivity contribution in [2.24, 2.45) is 5.73 Å². The molecule has 0 aliphatic carbocycles. The lowest BCUT2D eigenvalue weighted by molar-refractivity contribution is -0.274. The van der Waals surface area contributed by atoms with Crippen LogP contribution in [0.1, 0.15) is 28.8 Å². The van der Waals surface area contributed by atoms with Crippen molar-refractivity contribution in [2.75, 3.05) is 18.4 Å².